The van der Waals surface area contributed by atoms with Gasteiger partial charge in [-0.1, -0.05) is 27.2 Å². The maximum absolute atomic E-state index is 10.7. The summed E-state index contributed by atoms with van der Waals surface area (Å²) in [6.45, 7) is 6.68. The Morgan fingerprint density at radius 2 is 2.10 bits per heavy atom. The molecule has 0 amide bonds. The fourth-order valence-corrected chi connectivity index (χ4v) is 2.90. The van der Waals surface area contributed by atoms with Crippen LogP contribution >= 0.6 is 0 Å². The third-order valence-electron chi connectivity index (χ3n) is 4.09. The number of carbonyl (C=O) groups is 1. The number of carboxylic acids is 1. The lowest BCUT2D eigenvalue weighted by Crippen LogP contribution is -2.36. The van der Waals surface area contributed by atoms with E-state index in [-0.39, 0.29) is 11.8 Å². The fraction of sp³-hybridized carbons (Fsp3) is 0.667. The molecule has 1 fully saturated rings. The summed E-state index contributed by atoms with van der Waals surface area (Å²) in [7, 11) is 0. The van der Waals surface area contributed by atoms with Gasteiger partial charge in [0.2, 0.25) is 5.88 Å². The van der Waals surface area contributed by atoms with Crippen molar-refractivity contribution in [2.45, 2.75) is 46.1 Å². The van der Waals surface area contributed by atoms with Gasteiger partial charge in [-0.05, 0) is 36.7 Å². The Morgan fingerprint density at radius 1 is 1.35 bits per heavy atom. The normalized spacial score (nSPS) is 26.5. The molecule has 1 aliphatic carbocycles. The average molecular weight is 278 g/mol. The number of nitrogens with zero attached hydrogens (tertiary/aromatic N) is 2. The van der Waals surface area contributed by atoms with Crippen molar-refractivity contribution in [2.75, 3.05) is 0 Å². The molecule has 1 aliphatic rings. The van der Waals surface area contributed by atoms with Crippen LogP contribution in [0.3, 0.4) is 0 Å². The van der Waals surface area contributed by atoms with Crippen LogP contribution in [0.25, 0.3) is 0 Å². The number of aromatic carboxylic acids is 1. The van der Waals surface area contributed by atoms with Crippen LogP contribution < -0.4 is 4.74 Å². The summed E-state index contributed by atoms with van der Waals surface area (Å²) in [5, 5.41) is 16.3. The Morgan fingerprint density at radius 3 is 2.65 bits per heavy atom. The Labute approximate surface area is 119 Å². The van der Waals surface area contributed by atoms with E-state index in [0.717, 1.165) is 6.42 Å². The second kappa shape index (κ2) is 6.20. The standard InChI is InChI=1S/C15H22N2O3/c1-9(2)11-5-4-10(3)8-13(11)20-14-7-6-12(15(18)19)16-17-14/h6-7,9-11,13H,4-5,8H2,1-3H3,(H,18,19). The molecule has 1 aromatic rings. The van der Waals surface area contributed by atoms with E-state index in [1.165, 1.54) is 18.9 Å². The smallest absolute Gasteiger partial charge is 0.356 e. The number of rotatable bonds is 4. The molecule has 1 aromatic heterocycles. The van der Waals surface area contributed by atoms with Gasteiger partial charge in [-0.3, -0.25) is 0 Å². The second-order valence-corrected chi connectivity index (χ2v) is 6.04. The van der Waals surface area contributed by atoms with Crippen LogP contribution in [-0.2, 0) is 0 Å². The van der Waals surface area contributed by atoms with Gasteiger partial charge >= 0.3 is 5.97 Å². The van der Waals surface area contributed by atoms with E-state index in [0.29, 0.717) is 23.6 Å². The minimum atomic E-state index is -1.07. The van der Waals surface area contributed by atoms with Crippen molar-refractivity contribution in [3.8, 4) is 5.88 Å². The molecule has 0 radical (unpaired) electrons. The highest BCUT2D eigenvalue weighted by Crippen LogP contribution is 2.35. The number of aromatic nitrogens is 2. The molecule has 1 N–H and O–H groups in total. The first-order valence-corrected chi connectivity index (χ1v) is 7.21. The minimum Gasteiger partial charge on any atom is -0.476 e. The van der Waals surface area contributed by atoms with Gasteiger partial charge in [0.05, 0.1) is 0 Å². The van der Waals surface area contributed by atoms with Gasteiger partial charge in [0.1, 0.15) is 6.10 Å². The lowest BCUT2D eigenvalue weighted by molar-refractivity contribution is 0.0418. The molecule has 2 rings (SSSR count). The van der Waals surface area contributed by atoms with E-state index in [9.17, 15) is 4.79 Å². The van der Waals surface area contributed by atoms with Gasteiger partial charge in [-0.15, -0.1) is 10.2 Å². The van der Waals surface area contributed by atoms with Crippen molar-refractivity contribution >= 4 is 5.97 Å². The highest BCUT2D eigenvalue weighted by atomic mass is 16.5. The molecule has 5 nitrogen and oxygen atoms in total. The molecule has 20 heavy (non-hydrogen) atoms. The van der Waals surface area contributed by atoms with Gasteiger partial charge in [0.15, 0.2) is 5.69 Å². The first kappa shape index (κ1) is 14.8. The Balaban J connectivity index is 2.07. The highest BCUT2D eigenvalue weighted by molar-refractivity contribution is 5.84. The summed E-state index contributed by atoms with van der Waals surface area (Å²) >= 11 is 0. The van der Waals surface area contributed by atoms with Crippen molar-refractivity contribution < 1.29 is 14.6 Å². The zero-order chi connectivity index (χ0) is 14.7. The van der Waals surface area contributed by atoms with Crippen LogP contribution in [0.4, 0.5) is 0 Å². The van der Waals surface area contributed by atoms with Crippen LogP contribution in [0, 0.1) is 17.8 Å². The Kier molecular flexibility index (Phi) is 4.57. The molecule has 1 saturated carbocycles. The largest absolute Gasteiger partial charge is 0.476 e. The van der Waals surface area contributed by atoms with Crippen LogP contribution in [0.5, 0.6) is 5.88 Å². The Bertz CT molecular complexity index is 459. The van der Waals surface area contributed by atoms with Crippen LogP contribution in [0.1, 0.15) is 50.5 Å². The van der Waals surface area contributed by atoms with E-state index >= 15 is 0 Å². The van der Waals surface area contributed by atoms with Gasteiger partial charge in [-0.25, -0.2) is 4.79 Å². The van der Waals surface area contributed by atoms with Gasteiger partial charge < -0.3 is 9.84 Å². The second-order valence-electron chi connectivity index (χ2n) is 6.04. The van der Waals surface area contributed by atoms with Crippen molar-refractivity contribution in [2.24, 2.45) is 17.8 Å². The highest BCUT2D eigenvalue weighted by Gasteiger charge is 2.32. The van der Waals surface area contributed by atoms with E-state index in [4.69, 9.17) is 9.84 Å². The molecule has 0 bridgehead atoms. The molecule has 3 atom stereocenters. The lowest BCUT2D eigenvalue weighted by Gasteiger charge is -2.36. The van der Waals surface area contributed by atoms with Gasteiger partial charge in [0, 0.05) is 6.07 Å². The maximum Gasteiger partial charge on any atom is 0.356 e. The van der Waals surface area contributed by atoms with E-state index in [1.807, 2.05) is 0 Å². The summed E-state index contributed by atoms with van der Waals surface area (Å²) < 4.78 is 5.97. The summed E-state index contributed by atoms with van der Waals surface area (Å²) in [5.41, 5.74) is -0.0604. The molecule has 0 aromatic carbocycles. The van der Waals surface area contributed by atoms with Crippen LogP contribution in [-0.4, -0.2) is 27.4 Å². The van der Waals surface area contributed by atoms with Gasteiger partial charge in [-0.2, -0.15) is 0 Å². The lowest BCUT2D eigenvalue weighted by atomic mass is 9.75. The monoisotopic (exact) mass is 278 g/mol. The Hall–Kier alpha value is -1.65. The van der Waals surface area contributed by atoms with E-state index in [1.54, 1.807) is 6.07 Å². The van der Waals surface area contributed by atoms with Crippen LogP contribution in [0.15, 0.2) is 12.1 Å². The number of carboxylic acid groups (broad SMARTS) is 1. The van der Waals surface area contributed by atoms with Crippen molar-refractivity contribution in [1.29, 1.82) is 0 Å². The number of hydrogen-bond acceptors (Lipinski definition) is 4. The quantitative estimate of drug-likeness (QED) is 0.916. The van der Waals surface area contributed by atoms with E-state index < -0.39 is 5.97 Å². The predicted molar refractivity (Wildman–Crippen MR) is 74.8 cm³/mol. The number of ether oxygens (including phenoxy) is 1. The van der Waals surface area contributed by atoms with Crippen molar-refractivity contribution in [3.05, 3.63) is 17.8 Å². The first-order valence-electron chi connectivity index (χ1n) is 7.21. The summed E-state index contributed by atoms with van der Waals surface area (Å²) in [4.78, 5) is 10.7. The molecule has 3 unspecified atom stereocenters. The van der Waals surface area contributed by atoms with Crippen LogP contribution in [0.2, 0.25) is 0 Å². The van der Waals surface area contributed by atoms with E-state index in [2.05, 4.69) is 31.0 Å². The molecule has 110 valence electrons. The molecule has 1 heterocycles. The molecular weight excluding hydrogens is 256 g/mol. The molecule has 0 spiro atoms. The SMILES string of the molecule is CC1CCC(C(C)C)C(Oc2ccc(C(=O)O)nn2)C1. The summed E-state index contributed by atoms with van der Waals surface area (Å²) in [6.07, 6.45) is 3.57. The molecule has 0 saturated heterocycles. The van der Waals surface area contributed by atoms with Crippen molar-refractivity contribution in [1.82, 2.24) is 10.2 Å². The fourth-order valence-electron chi connectivity index (χ4n) is 2.90. The van der Waals surface area contributed by atoms with Gasteiger partial charge in [0.25, 0.3) is 0 Å². The molecule has 5 heteroatoms. The maximum atomic E-state index is 10.7. The van der Waals surface area contributed by atoms with Crippen molar-refractivity contribution in [3.63, 3.8) is 0 Å². The predicted octanol–water partition coefficient (Wildman–Crippen LogP) is 3.01. The molecular formula is C15H22N2O3. The topological polar surface area (TPSA) is 72.3 Å². The number of hydrogen-bond donors (Lipinski definition) is 1. The zero-order valence-corrected chi connectivity index (χ0v) is 12.2. The summed E-state index contributed by atoms with van der Waals surface area (Å²) in [5.74, 6) is 1.09. The molecule has 0 aliphatic heterocycles. The first-order chi connectivity index (χ1) is 9.47. The average Bonchev–Trinajstić information content (AvgIpc) is 2.39. The minimum absolute atomic E-state index is 0.0604. The zero-order valence-electron chi connectivity index (χ0n) is 12.2. The third-order valence-corrected chi connectivity index (χ3v) is 4.09. The summed E-state index contributed by atoms with van der Waals surface area (Å²) in [6, 6.07) is 3.02. The third kappa shape index (κ3) is 3.46.